The van der Waals surface area contributed by atoms with Crippen molar-refractivity contribution in [3.63, 3.8) is 0 Å². The molecule has 1 aliphatic carbocycles. The monoisotopic (exact) mass is 258 g/mol. The van der Waals surface area contributed by atoms with Gasteiger partial charge in [-0.1, -0.05) is 0 Å². The Bertz CT molecular complexity index is 679. The van der Waals surface area contributed by atoms with Crippen molar-refractivity contribution in [3.05, 3.63) is 45.9 Å². The second-order valence-corrected chi connectivity index (χ2v) is 5.27. The van der Waals surface area contributed by atoms with Crippen molar-refractivity contribution >= 4 is 5.69 Å². The summed E-state index contributed by atoms with van der Waals surface area (Å²) in [6, 6.07) is 0.408. The minimum atomic E-state index is 0.0443. The van der Waals surface area contributed by atoms with Gasteiger partial charge in [-0.25, -0.2) is 4.79 Å². The molecule has 2 aromatic heterocycles. The molecule has 1 aliphatic rings. The third kappa shape index (κ3) is 2.05. The predicted molar refractivity (Wildman–Crippen MR) is 74.2 cm³/mol. The van der Waals surface area contributed by atoms with Crippen LogP contribution in [0.2, 0.25) is 0 Å². The fourth-order valence-corrected chi connectivity index (χ4v) is 2.29. The molecule has 0 saturated heterocycles. The molecule has 5 heteroatoms. The molecule has 0 unspecified atom stereocenters. The van der Waals surface area contributed by atoms with Gasteiger partial charge in [-0.2, -0.15) is 0 Å². The van der Waals surface area contributed by atoms with Gasteiger partial charge in [0.2, 0.25) is 0 Å². The highest BCUT2D eigenvalue weighted by atomic mass is 16.1. The Labute approximate surface area is 111 Å². The molecule has 100 valence electrons. The van der Waals surface area contributed by atoms with E-state index in [1.165, 1.54) is 0 Å². The van der Waals surface area contributed by atoms with Crippen molar-refractivity contribution in [2.75, 3.05) is 5.73 Å². The zero-order valence-corrected chi connectivity index (χ0v) is 11.3. The van der Waals surface area contributed by atoms with E-state index in [1.54, 1.807) is 10.8 Å². The molecule has 0 radical (unpaired) electrons. The highest BCUT2D eigenvalue weighted by Gasteiger charge is 2.25. The van der Waals surface area contributed by atoms with Crippen molar-refractivity contribution in [1.29, 1.82) is 0 Å². The Morgan fingerprint density at radius 2 is 2.11 bits per heavy atom. The third-order valence-corrected chi connectivity index (χ3v) is 3.81. The molecule has 0 amide bonds. The number of aromatic nitrogens is 3. The SMILES string of the molecule is Cc1cnc(Cn2ccn(C3CC3)c2=O)c(C)c1N. The van der Waals surface area contributed by atoms with Gasteiger partial charge in [-0.05, 0) is 37.8 Å². The normalized spacial score (nSPS) is 14.8. The minimum absolute atomic E-state index is 0.0443. The van der Waals surface area contributed by atoms with Gasteiger partial charge >= 0.3 is 5.69 Å². The molecule has 1 saturated carbocycles. The van der Waals surface area contributed by atoms with Crippen molar-refractivity contribution in [2.24, 2.45) is 0 Å². The zero-order chi connectivity index (χ0) is 13.6. The molecular formula is C14H18N4O. The summed E-state index contributed by atoms with van der Waals surface area (Å²) < 4.78 is 3.51. The molecule has 0 aliphatic heterocycles. The van der Waals surface area contributed by atoms with Crippen LogP contribution in [-0.4, -0.2) is 14.1 Å². The lowest BCUT2D eigenvalue weighted by Gasteiger charge is -2.10. The first-order valence-electron chi connectivity index (χ1n) is 6.55. The molecule has 0 aromatic carbocycles. The number of aryl methyl sites for hydroxylation is 1. The molecule has 2 heterocycles. The smallest absolute Gasteiger partial charge is 0.328 e. The third-order valence-electron chi connectivity index (χ3n) is 3.81. The van der Waals surface area contributed by atoms with Gasteiger partial charge in [-0.15, -0.1) is 0 Å². The molecule has 0 bridgehead atoms. The maximum atomic E-state index is 12.2. The molecule has 0 spiro atoms. The van der Waals surface area contributed by atoms with E-state index in [2.05, 4.69) is 4.98 Å². The number of imidazole rings is 1. The van der Waals surface area contributed by atoms with Crippen molar-refractivity contribution in [1.82, 2.24) is 14.1 Å². The van der Waals surface area contributed by atoms with E-state index >= 15 is 0 Å². The Hall–Kier alpha value is -2.04. The minimum Gasteiger partial charge on any atom is -0.398 e. The van der Waals surface area contributed by atoms with Crippen LogP contribution in [0.4, 0.5) is 5.69 Å². The van der Waals surface area contributed by atoms with E-state index in [0.717, 1.165) is 35.3 Å². The summed E-state index contributed by atoms with van der Waals surface area (Å²) in [5.41, 5.74) is 9.61. The van der Waals surface area contributed by atoms with Crippen LogP contribution in [-0.2, 0) is 6.54 Å². The van der Waals surface area contributed by atoms with Crippen LogP contribution >= 0.6 is 0 Å². The Balaban J connectivity index is 1.93. The van der Waals surface area contributed by atoms with Gasteiger partial charge in [-0.3, -0.25) is 14.1 Å². The summed E-state index contributed by atoms with van der Waals surface area (Å²) in [5, 5.41) is 0. The molecule has 19 heavy (non-hydrogen) atoms. The van der Waals surface area contributed by atoms with Gasteiger partial charge in [0.25, 0.3) is 0 Å². The van der Waals surface area contributed by atoms with Crippen molar-refractivity contribution in [2.45, 2.75) is 39.3 Å². The van der Waals surface area contributed by atoms with Gasteiger partial charge in [0.1, 0.15) is 0 Å². The Morgan fingerprint density at radius 3 is 2.79 bits per heavy atom. The number of nitrogens with two attached hydrogens (primary N) is 1. The summed E-state index contributed by atoms with van der Waals surface area (Å²) in [7, 11) is 0. The quantitative estimate of drug-likeness (QED) is 0.910. The maximum Gasteiger partial charge on any atom is 0.328 e. The van der Waals surface area contributed by atoms with Crippen LogP contribution in [0.1, 0.15) is 35.7 Å². The van der Waals surface area contributed by atoms with Gasteiger partial charge in [0.15, 0.2) is 0 Å². The van der Waals surface area contributed by atoms with E-state index in [-0.39, 0.29) is 5.69 Å². The standard InChI is InChI=1S/C14H18N4O/c1-9-7-16-12(10(2)13(9)15)8-17-5-6-18(14(17)19)11-3-4-11/h5-7,11H,3-4,8H2,1-2H3,(H2,15,16). The predicted octanol–water partition coefficient (Wildman–Crippen LogP) is 1.63. The van der Waals surface area contributed by atoms with Crippen LogP contribution in [0.25, 0.3) is 0 Å². The Kier molecular flexibility index (Phi) is 2.69. The number of hydrogen-bond acceptors (Lipinski definition) is 3. The number of rotatable bonds is 3. The fraction of sp³-hybridized carbons (Fsp3) is 0.429. The van der Waals surface area contributed by atoms with Crippen molar-refractivity contribution < 1.29 is 0 Å². The Morgan fingerprint density at radius 1 is 1.37 bits per heavy atom. The second-order valence-electron chi connectivity index (χ2n) is 5.27. The molecule has 0 atom stereocenters. The summed E-state index contributed by atoms with van der Waals surface area (Å²) in [4.78, 5) is 16.6. The number of hydrogen-bond donors (Lipinski definition) is 1. The van der Waals surface area contributed by atoms with Crippen LogP contribution in [0.5, 0.6) is 0 Å². The number of nitrogen functional groups attached to an aromatic ring is 1. The molecule has 1 fully saturated rings. The molecule has 2 N–H and O–H groups in total. The summed E-state index contributed by atoms with van der Waals surface area (Å²) in [6.07, 6.45) is 7.68. The summed E-state index contributed by atoms with van der Waals surface area (Å²) >= 11 is 0. The molecule has 5 nitrogen and oxygen atoms in total. The maximum absolute atomic E-state index is 12.2. The van der Waals surface area contributed by atoms with E-state index in [0.29, 0.717) is 12.6 Å². The van der Waals surface area contributed by atoms with E-state index in [1.807, 2.05) is 30.8 Å². The molecule has 2 aromatic rings. The van der Waals surface area contributed by atoms with E-state index < -0.39 is 0 Å². The number of anilines is 1. The van der Waals surface area contributed by atoms with E-state index in [9.17, 15) is 4.79 Å². The average molecular weight is 258 g/mol. The lowest BCUT2D eigenvalue weighted by atomic mass is 10.1. The first kappa shape index (κ1) is 12.0. The highest BCUT2D eigenvalue weighted by molar-refractivity contribution is 5.53. The number of nitrogens with zero attached hydrogens (tertiary/aromatic N) is 3. The van der Waals surface area contributed by atoms with Crippen LogP contribution in [0.15, 0.2) is 23.4 Å². The summed E-state index contributed by atoms with van der Waals surface area (Å²) in [6.45, 7) is 4.37. The fourth-order valence-electron chi connectivity index (χ4n) is 2.29. The first-order valence-corrected chi connectivity index (χ1v) is 6.55. The highest BCUT2D eigenvalue weighted by Crippen LogP contribution is 2.33. The largest absolute Gasteiger partial charge is 0.398 e. The van der Waals surface area contributed by atoms with Crippen LogP contribution in [0.3, 0.4) is 0 Å². The summed E-state index contributed by atoms with van der Waals surface area (Å²) in [5.74, 6) is 0. The van der Waals surface area contributed by atoms with E-state index in [4.69, 9.17) is 5.73 Å². The van der Waals surface area contributed by atoms with Gasteiger partial charge in [0.05, 0.1) is 12.2 Å². The van der Waals surface area contributed by atoms with Gasteiger partial charge < -0.3 is 5.73 Å². The van der Waals surface area contributed by atoms with Crippen LogP contribution < -0.4 is 11.4 Å². The number of pyridine rings is 1. The molecule has 3 rings (SSSR count). The van der Waals surface area contributed by atoms with Crippen molar-refractivity contribution in [3.8, 4) is 0 Å². The zero-order valence-electron chi connectivity index (χ0n) is 11.3. The lowest BCUT2D eigenvalue weighted by Crippen LogP contribution is -2.24. The molecular weight excluding hydrogens is 240 g/mol. The second kappa shape index (κ2) is 4.26. The van der Waals surface area contributed by atoms with Gasteiger partial charge in [0, 0.05) is 30.3 Å². The topological polar surface area (TPSA) is 65.8 Å². The average Bonchev–Trinajstić information content (AvgIpc) is 3.17. The first-order chi connectivity index (χ1) is 9.08. The van der Waals surface area contributed by atoms with Crippen LogP contribution in [0, 0.1) is 13.8 Å². The lowest BCUT2D eigenvalue weighted by molar-refractivity contribution is 0.649.